The van der Waals surface area contributed by atoms with Crippen molar-refractivity contribution < 1.29 is 0 Å². The van der Waals surface area contributed by atoms with E-state index in [1.54, 1.807) is 0 Å². The van der Waals surface area contributed by atoms with Crippen LogP contribution in [0.2, 0.25) is 0 Å². The maximum absolute atomic E-state index is 2.46. The maximum Gasteiger partial charge on any atom is -0.00201 e. The van der Waals surface area contributed by atoms with Gasteiger partial charge in [-0.15, -0.1) is 0 Å². The van der Waals surface area contributed by atoms with Crippen molar-refractivity contribution >= 4 is 37.9 Å². The molecule has 0 amide bonds. The van der Waals surface area contributed by atoms with Gasteiger partial charge in [-0.05, 0) is 89.7 Å². The van der Waals surface area contributed by atoms with Gasteiger partial charge in [-0.2, -0.15) is 0 Å². The Morgan fingerprint density at radius 3 is 1.55 bits per heavy atom. The molecular formula is C40H28. The molecule has 40 heavy (non-hydrogen) atoms. The molecule has 0 atom stereocenters. The molecule has 0 saturated heterocycles. The molecule has 0 radical (unpaired) electrons. The van der Waals surface area contributed by atoms with E-state index in [1.807, 2.05) is 0 Å². The molecule has 0 unspecified atom stereocenters. The van der Waals surface area contributed by atoms with Crippen LogP contribution < -0.4 is 0 Å². The van der Waals surface area contributed by atoms with Gasteiger partial charge in [0.05, 0.1) is 0 Å². The van der Waals surface area contributed by atoms with Gasteiger partial charge in [0, 0.05) is 0 Å². The first-order valence-corrected chi connectivity index (χ1v) is 14.2. The van der Waals surface area contributed by atoms with Crippen LogP contribution in [-0.2, 0) is 6.42 Å². The first-order valence-electron chi connectivity index (χ1n) is 14.2. The number of fused-ring (bicyclic) bond motifs is 4. The Morgan fingerprint density at radius 1 is 0.350 bits per heavy atom. The fourth-order valence-corrected chi connectivity index (χ4v) is 6.83. The van der Waals surface area contributed by atoms with Crippen LogP contribution in [0.4, 0.5) is 0 Å². The molecule has 0 spiro atoms. The normalized spacial score (nSPS) is 12.9. The fourth-order valence-electron chi connectivity index (χ4n) is 6.83. The van der Waals surface area contributed by atoms with Crippen molar-refractivity contribution in [3.8, 4) is 22.3 Å². The number of aryl methyl sites for hydroxylation is 1. The minimum Gasteiger partial charge on any atom is -0.0757 e. The van der Waals surface area contributed by atoms with Crippen molar-refractivity contribution in [3.05, 3.63) is 162 Å². The van der Waals surface area contributed by atoms with Gasteiger partial charge in [-0.1, -0.05) is 146 Å². The van der Waals surface area contributed by atoms with Crippen LogP contribution in [0.15, 0.2) is 146 Å². The third-order valence-electron chi connectivity index (χ3n) is 8.55. The summed E-state index contributed by atoms with van der Waals surface area (Å²) >= 11 is 0. The number of hydrogen-bond donors (Lipinski definition) is 0. The fraction of sp³-hybridized carbons (Fsp3) is 0.0500. The second-order valence-electron chi connectivity index (χ2n) is 10.7. The summed E-state index contributed by atoms with van der Waals surface area (Å²) in [7, 11) is 0. The van der Waals surface area contributed by atoms with Crippen LogP contribution in [0.3, 0.4) is 0 Å². The lowest BCUT2D eigenvalue weighted by Crippen LogP contribution is -2.02. The highest BCUT2D eigenvalue weighted by Crippen LogP contribution is 2.46. The summed E-state index contributed by atoms with van der Waals surface area (Å²) in [5.74, 6) is 0. The van der Waals surface area contributed by atoms with Crippen LogP contribution in [-0.4, -0.2) is 0 Å². The van der Waals surface area contributed by atoms with Crippen LogP contribution in [0, 0.1) is 0 Å². The highest BCUT2D eigenvalue weighted by molar-refractivity contribution is 6.22. The third-order valence-corrected chi connectivity index (χ3v) is 8.55. The monoisotopic (exact) mass is 508 g/mol. The van der Waals surface area contributed by atoms with Crippen LogP contribution >= 0.6 is 0 Å². The summed E-state index contributed by atoms with van der Waals surface area (Å²) in [6.07, 6.45) is 4.63. The van der Waals surface area contributed by atoms with Crippen molar-refractivity contribution in [1.82, 2.24) is 0 Å². The van der Waals surface area contributed by atoms with Gasteiger partial charge in [0.25, 0.3) is 0 Å². The van der Waals surface area contributed by atoms with Crippen molar-refractivity contribution in [2.75, 3.05) is 0 Å². The molecule has 0 nitrogen and oxygen atoms in total. The van der Waals surface area contributed by atoms with Gasteiger partial charge in [-0.25, -0.2) is 0 Å². The molecule has 7 aromatic rings. The quantitative estimate of drug-likeness (QED) is 0.208. The molecule has 1 aliphatic rings. The molecule has 0 aliphatic heterocycles. The topological polar surface area (TPSA) is 0 Å². The Balaban J connectivity index is 1.48. The molecule has 0 N–H and O–H groups in total. The summed E-state index contributed by atoms with van der Waals surface area (Å²) in [6.45, 7) is 0. The SMILES string of the molecule is C1=C(c2c3ccccc3c(-c3cccc4c(-c5ccccc5)cccc34)c3ccccc23)c2ccccc2CC1. The minimum atomic E-state index is 1.07. The molecule has 0 aromatic heterocycles. The minimum absolute atomic E-state index is 1.07. The highest BCUT2D eigenvalue weighted by atomic mass is 14.2. The van der Waals surface area contributed by atoms with E-state index in [1.165, 1.54) is 76.8 Å². The van der Waals surface area contributed by atoms with Gasteiger partial charge < -0.3 is 0 Å². The van der Waals surface area contributed by atoms with E-state index in [-0.39, 0.29) is 0 Å². The molecule has 0 heteroatoms. The summed E-state index contributed by atoms with van der Waals surface area (Å²) < 4.78 is 0. The summed E-state index contributed by atoms with van der Waals surface area (Å²) in [5, 5.41) is 7.81. The lowest BCUT2D eigenvalue weighted by Gasteiger charge is -2.23. The summed E-state index contributed by atoms with van der Waals surface area (Å²) in [4.78, 5) is 0. The molecule has 0 bridgehead atoms. The summed E-state index contributed by atoms with van der Waals surface area (Å²) in [6, 6.07) is 51.2. The third kappa shape index (κ3) is 3.53. The Morgan fingerprint density at radius 2 is 0.850 bits per heavy atom. The Kier molecular flexibility index (Phi) is 5.38. The van der Waals surface area contributed by atoms with Crippen molar-refractivity contribution in [1.29, 1.82) is 0 Å². The van der Waals surface area contributed by atoms with E-state index in [9.17, 15) is 0 Å². The first-order chi connectivity index (χ1) is 19.9. The van der Waals surface area contributed by atoms with E-state index >= 15 is 0 Å². The van der Waals surface area contributed by atoms with Gasteiger partial charge in [-0.3, -0.25) is 0 Å². The molecule has 0 saturated carbocycles. The van der Waals surface area contributed by atoms with E-state index in [4.69, 9.17) is 0 Å². The molecule has 0 fully saturated rings. The smallest absolute Gasteiger partial charge is 0.00201 e. The second-order valence-corrected chi connectivity index (χ2v) is 10.7. The predicted octanol–water partition coefficient (Wildman–Crippen LogP) is 10.9. The zero-order valence-corrected chi connectivity index (χ0v) is 22.3. The lowest BCUT2D eigenvalue weighted by atomic mass is 9.80. The van der Waals surface area contributed by atoms with E-state index in [0.29, 0.717) is 0 Å². The molecule has 0 heterocycles. The van der Waals surface area contributed by atoms with Crippen LogP contribution in [0.5, 0.6) is 0 Å². The Labute approximate surface area is 234 Å². The zero-order chi connectivity index (χ0) is 26.5. The van der Waals surface area contributed by atoms with Gasteiger partial charge in [0.1, 0.15) is 0 Å². The average Bonchev–Trinajstić information content (AvgIpc) is 3.03. The Hall–Kier alpha value is -4.94. The van der Waals surface area contributed by atoms with Gasteiger partial charge in [0.15, 0.2) is 0 Å². The first kappa shape index (κ1) is 23.0. The van der Waals surface area contributed by atoms with Crippen LogP contribution in [0.25, 0.3) is 60.1 Å². The van der Waals surface area contributed by atoms with Gasteiger partial charge in [0.2, 0.25) is 0 Å². The zero-order valence-electron chi connectivity index (χ0n) is 22.3. The van der Waals surface area contributed by atoms with Crippen LogP contribution in [0.1, 0.15) is 23.1 Å². The number of allylic oxidation sites excluding steroid dienone is 1. The van der Waals surface area contributed by atoms with Crippen molar-refractivity contribution in [3.63, 3.8) is 0 Å². The molecule has 1 aliphatic carbocycles. The highest BCUT2D eigenvalue weighted by Gasteiger charge is 2.22. The van der Waals surface area contributed by atoms with E-state index < -0.39 is 0 Å². The average molecular weight is 509 g/mol. The standard InChI is InChI=1S/C40H28/c1-2-13-27(14-3-1)29-22-11-24-32-31(29)23-12-26-34(32)40-37-20-8-6-18-35(37)39(36-19-7-9-21-38(36)40)33-25-10-16-28-15-4-5-17-30(28)33/h1-9,11-15,17-26H,10,16H2. The predicted molar refractivity (Wildman–Crippen MR) is 172 cm³/mol. The Bertz CT molecular complexity index is 2040. The molecule has 7 aromatic carbocycles. The second kappa shape index (κ2) is 9.36. The van der Waals surface area contributed by atoms with E-state index in [0.717, 1.165) is 12.8 Å². The summed E-state index contributed by atoms with van der Waals surface area (Å²) in [5.41, 5.74) is 10.7. The number of rotatable bonds is 3. The van der Waals surface area contributed by atoms with Crippen molar-refractivity contribution in [2.24, 2.45) is 0 Å². The maximum atomic E-state index is 2.46. The number of hydrogen-bond acceptors (Lipinski definition) is 0. The molecule has 188 valence electrons. The molecule has 8 rings (SSSR count). The number of benzene rings is 7. The largest absolute Gasteiger partial charge is 0.0757 e. The van der Waals surface area contributed by atoms with E-state index in [2.05, 4.69) is 146 Å². The molecular weight excluding hydrogens is 480 g/mol. The van der Waals surface area contributed by atoms with Crippen molar-refractivity contribution in [2.45, 2.75) is 12.8 Å². The van der Waals surface area contributed by atoms with Gasteiger partial charge >= 0.3 is 0 Å². The lowest BCUT2D eigenvalue weighted by molar-refractivity contribution is 0.978.